The van der Waals surface area contributed by atoms with Crippen molar-refractivity contribution in [1.29, 1.82) is 0 Å². The highest BCUT2D eigenvalue weighted by atomic mass is 16.5. The van der Waals surface area contributed by atoms with Crippen LogP contribution in [0.1, 0.15) is 0 Å². The first-order valence-corrected chi connectivity index (χ1v) is 1.47. The molecule has 0 saturated heterocycles. The fourth-order valence-electron chi connectivity index (χ4n) is 0.195. The molecule has 1 aliphatic heterocycles. The lowest BCUT2D eigenvalue weighted by Crippen LogP contribution is -1.94. The van der Waals surface area contributed by atoms with Gasteiger partial charge in [0, 0.05) is 0 Å². The molecule has 1 rings (SSSR count). The van der Waals surface area contributed by atoms with E-state index in [-0.39, 0.29) is 0 Å². The number of hydrogen-bond acceptors (Lipinski definition) is 3. The van der Waals surface area contributed by atoms with Crippen molar-refractivity contribution in [3.05, 3.63) is 12.1 Å². The van der Waals surface area contributed by atoms with Crippen molar-refractivity contribution in [2.45, 2.75) is 0 Å². The predicted molar refractivity (Wildman–Crippen MR) is 20.8 cm³/mol. The van der Waals surface area contributed by atoms with Crippen LogP contribution in [0.25, 0.3) is 0 Å². The third-order valence-electron chi connectivity index (χ3n) is 0.408. The highest BCUT2D eigenvalue weighted by molar-refractivity contribution is 5.52. The summed E-state index contributed by atoms with van der Waals surface area (Å²) in [5.41, 5.74) is 5.02. The summed E-state index contributed by atoms with van der Waals surface area (Å²) < 4.78 is 4.38. The molecular formula is C3H3N2O+. The Kier molecular flexibility index (Phi) is 0.496. The minimum atomic E-state index is 0.301. The third kappa shape index (κ3) is 0.307. The summed E-state index contributed by atoms with van der Waals surface area (Å²) in [6.07, 6.45) is 3.57. The molecule has 0 unspecified atom stereocenters. The molecule has 2 N–H and O–H groups in total. The molecule has 3 nitrogen and oxygen atoms in total. The van der Waals surface area contributed by atoms with Crippen LogP contribution >= 0.6 is 0 Å². The van der Waals surface area contributed by atoms with Gasteiger partial charge in [0.2, 0.25) is 0 Å². The average molecular weight is 83.1 g/mol. The third-order valence-corrected chi connectivity index (χ3v) is 0.408. The molecule has 0 aromatic heterocycles. The van der Waals surface area contributed by atoms with Gasteiger partial charge in [-0.05, 0) is 4.99 Å². The zero-order valence-corrected chi connectivity index (χ0v) is 3.01. The molecule has 0 fully saturated rings. The molecule has 0 amide bonds. The van der Waals surface area contributed by atoms with E-state index < -0.39 is 0 Å². The van der Waals surface area contributed by atoms with Crippen molar-refractivity contribution in [2.75, 3.05) is 0 Å². The molecule has 0 aliphatic carbocycles. The standard InChI is InChI=1S/C3H3N2O/c4-3-1-5-2-6-3/h1H,4H2/q+1. The topological polar surface area (TPSA) is 47.6 Å². The summed E-state index contributed by atoms with van der Waals surface area (Å²) in [7, 11) is 0. The van der Waals surface area contributed by atoms with Gasteiger partial charge in [-0.3, -0.25) is 0 Å². The van der Waals surface area contributed by atoms with Crippen molar-refractivity contribution < 1.29 is 4.74 Å². The zero-order chi connectivity index (χ0) is 4.41. The van der Waals surface area contributed by atoms with Gasteiger partial charge in [0.1, 0.15) is 0 Å². The molecule has 0 saturated carbocycles. The molecule has 0 spiro atoms. The molecule has 1 heterocycles. The molecule has 6 heavy (non-hydrogen) atoms. The maximum Gasteiger partial charge on any atom is 0.378 e. The molecule has 0 aromatic carbocycles. The molecule has 3 heteroatoms. The Balaban J connectivity index is 2.61. The van der Waals surface area contributed by atoms with Crippen LogP contribution < -0.4 is 5.73 Å². The van der Waals surface area contributed by atoms with Crippen LogP contribution in [0.4, 0.5) is 0 Å². The Labute approximate surface area is 35.1 Å². The van der Waals surface area contributed by atoms with Gasteiger partial charge < -0.3 is 5.73 Å². The first-order valence-electron chi connectivity index (χ1n) is 1.47. The molecule has 0 atom stereocenters. The van der Waals surface area contributed by atoms with Crippen molar-refractivity contribution in [1.82, 2.24) is 0 Å². The summed E-state index contributed by atoms with van der Waals surface area (Å²) in [6, 6.07) is 0. The smallest absolute Gasteiger partial charge is 0.304 e. The van der Waals surface area contributed by atoms with Gasteiger partial charge in [-0.15, -0.1) is 0 Å². The second-order valence-electron chi connectivity index (χ2n) is 0.854. The Hall–Kier alpha value is -1.08. The van der Waals surface area contributed by atoms with Crippen LogP contribution in [-0.2, 0) is 4.74 Å². The molecule has 0 bridgehead atoms. The molecule has 30 valence electrons. The van der Waals surface area contributed by atoms with E-state index >= 15 is 0 Å². The largest absolute Gasteiger partial charge is 0.378 e. The average Bonchev–Trinajstić information content (AvgIpc) is 1.86. The summed E-state index contributed by atoms with van der Waals surface area (Å²) in [4.78, 5) is 3.41. The number of rotatable bonds is 0. The van der Waals surface area contributed by atoms with E-state index in [0.717, 1.165) is 0 Å². The van der Waals surface area contributed by atoms with Crippen LogP contribution in [0.15, 0.2) is 17.1 Å². The Bertz CT molecular complexity index is 105. The van der Waals surface area contributed by atoms with Gasteiger partial charge in [0.25, 0.3) is 6.20 Å². The lowest BCUT2D eigenvalue weighted by molar-refractivity contribution is 0.441. The van der Waals surface area contributed by atoms with Crippen molar-refractivity contribution in [2.24, 2.45) is 10.7 Å². The van der Waals surface area contributed by atoms with E-state index in [2.05, 4.69) is 16.1 Å². The fraction of sp³-hybridized carbons (Fsp3) is 0. The van der Waals surface area contributed by atoms with E-state index in [0.29, 0.717) is 5.88 Å². The quantitative estimate of drug-likeness (QED) is 0.408. The van der Waals surface area contributed by atoms with Crippen LogP contribution in [0.5, 0.6) is 0 Å². The second kappa shape index (κ2) is 0.954. The number of nitrogens with two attached hydrogens (primary N) is 1. The lowest BCUT2D eigenvalue weighted by Gasteiger charge is -1.67. The van der Waals surface area contributed by atoms with Crippen LogP contribution in [0.2, 0.25) is 0 Å². The Morgan fingerprint density at radius 1 is 2.00 bits per heavy atom. The number of hydrogen-bond donors (Lipinski definition) is 1. The molecular weight excluding hydrogens is 80.0 g/mol. The minimum Gasteiger partial charge on any atom is -0.304 e. The first-order chi connectivity index (χ1) is 2.89. The highest BCUT2D eigenvalue weighted by Gasteiger charge is 2.05. The van der Waals surface area contributed by atoms with E-state index in [1.165, 1.54) is 6.20 Å². The number of ether oxygens (including phenoxy) is 1. The predicted octanol–water partition coefficient (Wildman–Crippen LogP) is -0.320. The van der Waals surface area contributed by atoms with Crippen molar-refractivity contribution in [3.8, 4) is 0 Å². The van der Waals surface area contributed by atoms with Gasteiger partial charge in [-0.1, -0.05) is 0 Å². The molecule has 1 aliphatic rings. The van der Waals surface area contributed by atoms with E-state index in [4.69, 9.17) is 5.73 Å². The lowest BCUT2D eigenvalue weighted by atomic mass is 10.9. The van der Waals surface area contributed by atoms with Gasteiger partial charge in [0.05, 0.1) is 0 Å². The van der Waals surface area contributed by atoms with Crippen LogP contribution in [0, 0.1) is 0 Å². The number of nitrogens with zero attached hydrogens (tertiary/aromatic N) is 1. The summed E-state index contributed by atoms with van der Waals surface area (Å²) >= 11 is 0. The Morgan fingerprint density at radius 3 is 3.00 bits per heavy atom. The number of aliphatic imine (C=N–C) groups is 1. The minimum absolute atomic E-state index is 0.301. The monoisotopic (exact) mass is 83.0 g/mol. The highest BCUT2D eigenvalue weighted by Crippen LogP contribution is 1.90. The first kappa shape index (κ1) is 3.12. The SMILES string of the molecule is NC1=CN=[C+]O1. The maximum absolute atomic E-state index is 5.02. The van der Waals surface area contributed by atoms with Crippen molar-refractivity contribution in [3.63, 3.8) is 0 Å². The zero-order valence-electron chi connectivity index (χ0n) is 3.01. The maximum atomic E-state index is 5.02. The van der Waals surface area contributed by atoms with Crippen molar-refractivity contribution >= 4 is 6.40 Å². The van der Waals surface area contributed by atoms with Gasteiger partial charge >= 0.3 is 12.3 Å². The second-order valence-corrected chi connectivity index (χ2v) is 0.854. The molecule has 0 radical (unpaired) electrons. The van der Waals surface area contributed by atoms with E-state index in [1.54, 1.807) is 0 Å². The fourth-order valence-corrected chi connectivity index (χ4v) is 0.195. The summed E-state index contributed by atoms with van der Waals surface area (Å²) in [5, 5.41) is 0. The van der Waals surface area contributed by atoms with Crippen LogP contribution in [0.3, 0.4) is 0 Å². The van der Waals surface area contributed by atoms with E-state index in [9.17, 15) is 0 Å². The normalized spacial score (nSPS) is 15.7. The van der Waals surface area contributed by atoms with Gasteiger partial charge in [0.15, 0.2) is 0 Å². The Morgan fingerprint density at radius 2 is 2.83 bits per heavy atom. The van der Waals surface area contributed by atoms with Crippen LogP contribution in [-0.4, -0.2) is 6.40 Å². The van der Waals surface area contributed by atoms with Gasteiger partial charge in [-0.2, -0.15) is 0 Å². The van der Waals surface area contributed by atoms with E-state index in [1.807, 2.05) is 0 Å². The molecule has 0 aromatic rings. The van der Waals surface area contributed by atoms with Gasteiger partial charge in [-0.25, -0.2) is 4.74 Å². The summed E-state index contributed by atoms with van der Waals surface area (Å²) in [5.74, 6) is 0.301. The summed E-state index contributed by atoms with van der Waals surface area (Å²) in [6.45, 7) is 0.